The maximum Gasteiger partial charge on any atom is 0.344 e. The van der Waals surface area contributed by atoms with Gasteiger partial charge in [-0.05, 0) is 42.5 Å². The molecule has 1 N–H and O–H groups in total. The van der Waals surface area contributed by atoms with Crippen LogP contribution in [0.3, 0.4) is 0 Å². The van der Waals surface area contributed by atoms with Gasteiger partial charge in [-0.15, -0.1) is 0 Å². The van der Waals surface area contributed by atoms with Crippen molar-refractivity contribution in [1.29, 1.82) is 0 Å². The Morgan fingerprint density at radius 1 is 1.04 bits per heavy atom. The van der Waals surface area contributed by atoms with Gasteiger partial charge in [-0.3, -0.25) is 0 Å². The second-order valence-electron chi connectivity index (χ2n) is 5.61. The second-order valence-corrected chi connectivity index (χ2v) is 5.61. The van der Waals surface area contributed by atoms with Crippen molar-refractivity contribution >= 4 is 5.97 Å². The van der Waals surface area contributed by atoms with E-state index in [1.54, 1.807) is 6.92 Å². The number of benzene rings is 2. The van der Waals surface area contributed by atoms with E-state index in [-0.39, 0.29) is 12.6 Å². The number of rotatable bonds is 7. The number of esters is 1. The van der Waals surface area contributed by atoms with Gasteiger partial charge < -0.3 is 14.6 Å². The number of hydrogen-bond donors (Lipinski definition) is 1. The van der Waals surface area contributed by atoms with Crippen molar-refractivity contribution in [2.75, 3.05) is 13.2 Å². The van der Waals surface area contributed by atoms with Crippen LogP contribution in [0.4, 0.5) is 0 Å². The number of carbonyl (C=O) groups excluding carboxylic acids is 1. The maximum absolute atomic E-state index is 11.5. The number of para-hydroxylation sites is 2. The Morgan fingerprint density at radius 3 is 2.42 bits per heavy atom. The van der Waals surface area contributed by atoms with Crippen LogP contribution in [0.25, 0.3) is 0 Å². The Labute approximate surface area is 143 Å². The molecule has 0 unspecified atom stereocenters. The summed E-state index contributed by atoms with van der Waals surface area (Å²) in [6, 6.07) is 11.6. The minimum Gasteiger partial charge on any atom is -0.507 e. The van der Waals surface area contributed by atoms with Gasteiger partial charge in [0.05, 0.1) is 6.61 Å². The quantitative estimate of drug-likeness (QED) is 0.786. The zero-order chi connectivity index (χ0) is 17.5. The summed E-state index contributed by atoms with van der Waals surface area (Å²) >= 11 is 0. The summed E-state index contributed by atoms with van der Waals surface area (Å²) in [6.07, 6.45) is 1.32. The predicted octanol–water partition coefficient (Wildman–Crippen LogP) is 3.80. The minimum atomic E-state index is -0.387. The molecule has 0 aliphatic carbocycles. The average Bonchev–Trinajstić information content (AvgIpc) is 2.56. The summed E-state index contributed by atoms with van der Waals surface area (Å²) in [4.78, 5) is 11.5. The minimum absolute atomic E-state index is 0.118. The van der Waals surface area contributed by atoms with E-state index in [4.69, 9.17) is 9.47 Å². The van der Waals surface area contributed by atoms with E-state index in [0.29, 0.717) is 24.5 Å². The SMILES string of the molecule is CCOC(=O)COc1c(C)cccc1Cc1cccc(CC)c1O. The van der Waals surface area contributed by atoms with Crippen LogP contribution in [-0.4, -0.2) is 24.3 Å². The summed E-state index contributed by atoms with van der Waals surface area (Å²) in [7, 11) is 0. The molecule has 0 saturated heterocycles. The van der Waals surface area contributed by atoms with Crippen molar-refractivity contribution in [3.63, 3.8) is 0 Å². The summed E-state index contributed by atoms with van der Waals surface area (Å²) in [5.74, 6) is 0.618. The third-order valence-corrected chi connectivity index (χ3v) is 3.90. The van der Waals surface area contributed by atoms with Crippen LogP contribution < -0.4 is 4.74 Å². The maximum atomic E-state index is 11.5. The number of hydrogen-bond acceptors (Lipinski definition) is 4. The van der Waals surface area contributed by atoms with Crippen LogP contribution in [0.1, 0.15) is 36.1 Å². The molecular weight excluding hydrogens is 304 g/mol. The average molecular weight is 328 g/mol. The summed E-state index contributed by atoms with van der Waals surface area (Å²) in [6.45, 7) is 5.93. The zero-order valence-electron chi connectivity index (χ0n) is 14.5. The fraction of sp³-hybridized carbons (Fsp3) is 0.350. The lowest BCUT2D eigenvalue weighted by molar-refractivity contribution is -0.145. The number of phenolic OH excluding ortho intramolecular Hbond substituents is 1. The number of ether oxygens (including phenoxy) is 2. The van der Waals surface area contributed by atoms with Gasteiger partial charge in [-0.2, -0.15) is 0 Å². The molecule has 0 atom stereocenters. The number of carbonyl (C=O) groups is 1. The third-order valence-electron chi connectivity index (χ3n) is 3.90. The predicted molar refractivity (Wildman–Crippen MR) is 93.6 cm³/mol. The highest BCUT2D eigenvalue weighted by Gasteiger charge is 2.13. The largest absolute Gasteiger partial charge is 0.507 e. The molecule has 0 aliphatic heterocycles. The molecule has 2 aromatic carbocycles. The molecule has 0 spiro atoms. The highest BCUT2D eigenvalue weighted by atomic mass is 16.6. The molecule has 0 aromatic heterocycles. The molecule has 24 heavy (non-hydrogen) atoms. The molecule has 0 fully saturated rings. The van der Waals surface area contributed by atoms with Crippen LogP contribution in [0.15, 0.2) is 36.4 Å². The van der Waals surface area contributed by atoms with Crippen molar-refractivity contribution in [2.45, 2.75) is 33.6 Å². The first kappa shape index (κ1) is 17.9. The van der Waals surface area contributed by atoms with Gasteiger partial charge in [-0.25, -0.2) is 4.79 Å². The van der Waals surface area contributed by atoms with Gasteiger partial charge in [0.1, 0.15) is 11.5 Å². The molecule has 0 bridgehead atoms. The van der Waals surface area contributed by atoms with Crippen LogP contribution in [0, 0.1) is 6.92 Å². The lowest BCUT2D eigenvalue weighted by Crippen LogP contribution is -2.15. The van der Waals surface area contributed by atoms with E-state index >= 15 is 0 Å². The van der Waals surface area contributed by atoms with Gasteiger partial charge in [0.25, 0.3) is 0 Å². The molecule has 2 aromatic rings. The van der Waals surface area contributed by atoms with Crippen LogP contribution in [-0.2, 0) is 22.4 Å². The van der Waals surface area contributed by atoms with Crippen molar-refractivity contribution < 1.29 is 19.4 Å². The van der Waals surface area contributed by atoms with Crippen LogP contribution in [0.5, 0.6) is 11.5 Å². The molecule has 0 radical (unpaired) electrons. The lowest BCUT2D eigenvalue weighted by Gasteiger charge is -2.15. The summed E-state index contributed by atoms with van der Waals surface area (Å²) in [5, 5.41) is 10.4. The molecule has 128 valence electrons. The van der Waals surface area contributed by atoms with E-state index in [2.05, 4.69) is 0 Å². The topological polar surface area (TPSA) is 55.8 Å². The molecular formula is C20H24O4. The summed E-state index contributed by atoms with van der Waals surface area (Å²) in [5.41, 5.74) is 3.65. The molecule has 0 saturated carbocycles. The smallest absolute Gasteiger partial charge is 0.344 e. The number of aromatic hydroxyl groups is 1. The Bertz CT molecular complexity index is 707. The van der Waals surface area contributed by atoms with Crippen LogP contribution >= 0.6 is 0 Å². The molecule has 4 nitrogen and oxygen atoms in total. The van der Waals surface area contributed by atoms with E-state index < -0.39 is 0 Å². The number of aryl methyl sites for hydroxylation is 2. The second kappa shape index (κ2) is 8.39. The Hall–Kier alpha value is -2.49. The monoisotopic (exact) mass is 328 g/mol. The first-order valence-corrected chi connectivity index (χ1v) is 8.23. The standard InChI is InChI=1S/C20H24O4/c1-4-15-9-7-10-16(19(15)22)12-17-11-6-8-14(3)20(17)24-13-18(21)23-5-2/h6-11,22H,4-5,12-13H2,1-3H3. The lowest BCUT2D eigenvalue weighted by atomic mass is 9.98. The first-order chi connectivity index (χ1) is 11.6. The van der Waals surface area contributed by atoms with E-state index in [9.17, 15) is 9.90 Å². The van der Waals surface area contributed by atoms with Gasteiger partial charge in [0.15, 0.2) is 6.61 Å². The van der Waals surface area contributed by atoms with Crippen molar-refractivity contribution in [1.82, 2.24) is 0 Å². The molecule has 0 aliphatic rings. The van der Waals surface area contributed by atoms with Gasteiger partial charge in [0.2, 0.25) is 0 Å². The van der Waals surface area contributed by atoms with Crippen LogP contribution in [0.2, 0.25) is 0 Å². The van der Waals surface area contributed by atoms with E-state index in [1.807, 2.05) is 50.2 Å². The van der Waals surface area contributed by atoms with Crippen molar-refractivity contribution in [3.05, 3.63) is 58.7 Å². The molecule has 2 rings (SSSR count). The Kier molecular flexibility index (Phi) is 6.24. The number of phenols is 1. The highest BCUT2D eigenvalue weighted by Crippen LogP contribution is 2.30. The fourth-order valence-corrected chi connectivity index (χ4v) is 2.67. The van der Waals surface area contributed by atoms with Gasteiger partial charge in [-0.1, -0.05) is 43.3 Å². The van der Waals surface area contributed by atoms with Gasteiger partial charge in [0, 0.05) is 6.42 Å². The highest BCUT2D eigenvalue weighted by molar-refractivity contribution is 5.71. The molecule has 0 amide bonds. The van der Waals surface area contributed by atoms with E-state index in [0.717, 1.165) is 28.7 Å². The third kappa shape index (κ3) is 4.28. The Morgan fingerprint density at radius 2 is 1.71 bits per heavy atom. The zero-order valence-corrected chi connectivity index (χ0v) is 14.5. The normalized spacial score (nSPS) is 10.5. The van der Waals surface area contributed by atoms with E-state index in [1.165, 1.54) is 0 Å². The first-order valence-electron chi connectivity index (χ1n) is 8.23. The van der Waals surface area contributed by atoms with Crippen molar-refractivity contribution in [2.24, 2.45) is 0 Å². The fourth-order valence-electron chi connectivity index (χ4n) is 2.67. The molecule has 0 heterocycles. The molecule has 4 heteroatoms. The van der Waals surface area contributed by atoms with Gasteiger partial charge >= 0.3 is 5.97 Å². The van der Waals surface area contributed by atoms with Crippen molar-refractivity contribution in [3.8, 4) is 11.5 Å². The summed E-state index contributed by atoms with van der Waals surface area (Å²) < 4.78 is 10.6. The Balaban J connectivity index is 2.25.